The first-order valence-corrected chi connectivity index (χ1v) is 9.29. The van der Waals surface area contributed by atoms with E-state index in [0.717, 1.165) is 6.54 Å². The molecule has 2 amide bonds. The topological polar surface area (TPSA) is 71.1 Å². The third-order valence-corrected chi connectivity index (χ3v) is 4.76. The molecule has 0 aliphatic carbocycles. The Morgan fingerprint density at radius 2 is 1.92 bits per heavy atom. The second-order valence-electron chi connectivity index (χ2n) is 6.53. The van der Waals surface area contributed by atoms with Gasteiger partial charge in [0.1, 0.15) is 5.75 Å². The monoisotopic (exact) mass is 361 g/mol. The summed E-state index contributed by atoms with van der Waals surface area (Å²) in [6.45, 7) is 6.71. The number of piperazine rings is 1. The second-order valence-corrected chi connectivity index (χ2v) is 6.53. The lowest BCUT2D eigenvalue weighted by Gasteiger charge is -2.36. The van der Waals surface area contributed by atoms with Gasteiger partial charge in [0.2, 0.25) is 5.91 Å². The normalized spacial score (nSPS) is 20.7. The molecule has 0 bridgehead atoms. The van der Waals surface area contributed by atoms with Gasteiger partial charge >= 0.3 is 0 Å². The van der Waals surface area contributed by atoms with Crippen molar-refractivity contribution in [3.05, 3.63) is 29.8 Å². The van der Waals surface area contributed by atoms with Crippen LogP contribution in [0.1, 0.15) is 23.7 Å². The molecule has 1 unspecified atom stereocenters. The molecule has 3 rings (SSSR count). The lowest BCUT2D eigenvalue weighted by molar-refractivity contribution is -0.133. The van der Waals surface area contributed by atoms with Crippen molar-refractivity contribution in [1.29, 1.82) is 0 Å². The zero-order valence-electron chi connectivity index (χ0n) is 15.3. The molecule has 7 heteroatoms. The van der Waals surface area contributed by atoms with E-state index in [9.17, 15) is 9.59 Å². The maximum Gasteiger partial charge on any atom is 0.257 e. The average Bonchev–Trinajstić information content (AvgIpc) is 2.69. The van der Waals surface area contributed by atoms with Crippen LogP contribution in [0.5, 0.6) is 5.75 Å². The lowest BCUT2D eigenvalue weighted by Crippen LogP contribution is -2.52. The summed E-state index contributed by atoms with van der Waals surface area (Å²) < 4.78 is 11.0. The molecule has 2 aliphatic rings. The molecule has 2 saturated heterocycles. The van der Waals surface area contributed by atoms with Crippen LogP contribution in [0.3, 0.4) is 0 Å². The SMILES string of the molecule is CCOc1ccccc1C(=O)N1CCN(C(=O)CC2COCCN2)CC1. The summed E-state index contributed by atoms with van der Waals surface area (Å²) in [5, 5.41) is 3.30. The van der Waals surface area contributed by atoms with Gasteiger partial charge in [-0.05, 0) is 19.1 Å². The molecule has 0 saturated carbocycles. The number of hydrogen-bond donors (Lipinski definition) is 1. The predicted molar refractivity (Wildman–Crippen MR) is 97.3 cm³/mol. The lowest BCUT2D eigenvalue weighted by atomic mass is 10.1. The van der Waals surface area contributed by atoms with Crippen LogP contribution in [0, 0.1) is 0 Å². The molecule has 0 aromatic heterocycles. The number of benzene rings is 1. The van der Waals surface area contributed by atoms with Crippen LogP contribution in [-0.4, -0.2) is 80.2 Å². The van der Waals surface area contributed by atoms with Gasteiger partial charge in [-0.15, -0.1) is 0 Å². The minimum Gasteiger partial charge on any atom is -0.493 e. The Balaban J connectivity index is 1.53. The predicted octanol–water partition coefficient (Wildman–Crippen LogP) is 0.748. The highest BCUT2D eigenvalue weighted by Crippen LogP contribution is 2.21. The highest BCUT2D eigenvalue weighted by Gasteiger charge is 2.27. The first kappa shape index (κ1) is 18.7. The van der Waals surface area contributed by atoms with Gasteiger partial charge in [0.15, 0.2) is 0 Å². The Morgan fingerprint density at radius 1 is 1.19 bits per heavy atom. The summed E-state index contributed by atoms with van der Waals surface area (Å²) in [5.74, 6) is 0.695. The van der Waals surface area contributed by atoms with Gasteiger partial charge in [-0.25, -0.2) is 0 Å². The van der Waals surface area contributed by atoms with Crippen molar-refractivity contribution in [2.45, 2.75) is 19.4 Å². The van der Waals surface area contributed by atoms with Crippen molar-refractivity contribution < 1.29 is 19.1 Å². The zero-order chi connectivity index (χ0) is 18.4. The first-order chi connectivity index (χ1) is 12.7. The van der Waals surface area contributed by atoms with Crippen molar-refractivity contribution in [3.63, 3.8) is 0 Å². The Kier molecular flexibility index (Phi) is 6.46. The molecule has 26 heavy (non-hydrogen) atoms. The van der Waals surface area contributed by atoms with Crippen molar-refractivity contribution in [2.24, 2.45) is 0 Å². The summed E-state index contributed by atoms with van der Waals surface area (Å²) in [7, 11) is 0. The molecule has 0 radical (unpaired) electrons. The molecular weight excluding hydrogens is 334 g/mol. The third kappa shape index (κ3) is 4.53. The maximum atomic E-state index is 12.8. The summed E-state index contributed by atoms with van der Waals surface area (Å²) in [6.07, 6.45) is 0.446. The third-order valence-electron chi connectivity index (χ3n) is 4.76. The van der Waals surface area contributed by atoms with E-state index in [2.05, 4.69) is 5.32 Å². The Bertz CT molecular complexity index is 623. The highest BCUT2D eigenvalue weighted by atomic mass is 16.5. The molecule has 1 N–H and O–H groups in total. The van der Waals surface area contributed by atoms with Crippen LogP contribution >= 0.6 is 0 Å². The molecule has 1 atom stereocenters. The van der Waals surface area contributed by atoms with Crippen LogP contribution in [-0.2, 0) is 9.53 Å². The largest absolute Gasteiger partial charge is 0.493 e. The molecule has 2 heterocycles. The van der Waals surface area contributed by atoms with Crippen LogP contribution in [0.2, 0.25) is 0 Å². The van der Waals surface area contributed by atoms with E-state index < -0.39 is 0 Å². The Hall–Kier alpha value is -2.12. The summed E-state index contributed by atoms with van der Waals surface area (Å²) in [6, 6.07) is 7.40. The Labute approximate surface area is 154 Å². The number of nitrogens with one attached hydrogen (secondary N) is 1. The van der Waals surface area contributed by atoms with E-state index in [-0.39, 0.29) is 17.9 Å². The summed E-state index contributed by atoms with van der Waals surface area (Å²) >= 11 is 0. The van der Waals surface area contributed by atoms with E-state index in [1.54, 1.807) is 11.0 Å². The van der Waals surface area contributed by atoms with Gasteiger partial charge in [0.05, 0.1) is 25.4 Å². The van der Waals surface area contributed by atoms with E-state index in [1.807, 2.05) is 30.0 Å². The van der Waals surface area contributed by atoms with Crippen LogP contribution in [0.15, 0.2) is 24.3 Å². The fourth-order valence-corrected chi connectivity index (χ4v) is 3.34. The number of carbonyl (C=O) groups excluding carboxylic acids is 2. The van der Waals surface area contributed by atoms with Gasteiger partial charge < -0.3 is 24.6 Å². The van der Waals surface area contributed by atoms with Gasteiger partial charge in [-0.1, -0.05) is 12.1 Å². The Morgan fingerprint density at radius 3 is 2.62 bits per heavy atom. The van der Waals surface area contributed by atoms with E-state index >= 15 is 0 Å². The molecule has 1 aromatic rings. The highest BCUT2D eigenvalue weighted by molar-refractivity contribution is 5.97. The van der Waals surface area contributed by atoms with Crippen molar-refractivity contribution in [2.75, 3.05) is 52.5 Å². The number of para-hydroxylation sites is 1. The average molecular weight is 361 g/mol. The fraction of sp³-hybridized carbons (Fsp3) is 0.579. The van der Waals surface area contributed by atoms with Gasteiger partial charge in [-0.3, -0.25) is 9.59 Å². The summed E-state index contributed by atoms with van der Waals surface area (Å²) in [5.41, 5.74) is 0.581. The molecule has 0 spiro atoms. The van der Waals surface area contributed by atoms with E-state index in [4.69, 9.17) is 9.47 Å². The summed E-state index contributed by atoms with van der Waals surface area (Å²) in [4.78, 5) is 28.9. The molecule has 2 fully saturated rings. The van der Waals surface area contributed by atoms with Crippen LogP contribution in [0.4, 0.5) is 0 Å². The number of morpholine rings is 1. The van der Waals surface area contributed by atoms with Crippen molar-refractivity contribution in [3.8, 4) is 5.75 Å². The van der Waals surface area contributed by atoms with Crippen molar-refractivity contribution >= 4 is 11.8 Å². The molecular formula is C19H27N3O4. The molecule has 1 aromatic carbocycles. The standard InChI is InChI=1S/C19H27N3O4/c1-2-26-17-6-4-3-5-16(17)19(24)22-10-8-21(9-11-22)18(23)13-15-14-25-12-7-20-15/h3-6,15,20H,2,7-14H2,1H3. The molecule has 7 nitrogen and oxygen atoms in total. The van der Waals surface area contributed by atoms with Crippen molar-refractivity contribution in [1.82, 2.24) is 15.1 Å². The minimum absolute atomic E-state index is 0.0384. The van der Waals surface area contributed by atoms with Crippen LogP contribution < -0.4 is 10.1 Å². The number of hydrogen-bond acceptors (Lipinski definition) is 5. The number of amides is 2. The molecule has 142 valence electrons. The number of rotatable bonds is 5. The van der Waals surface area contributed by atoms with Gasteiger partial charge in [0.25, 0.3) is 5.91 Å². The minimum atomic E-state index is -0.0384. The van der Waals surface area contributed by atoms with Crippen LogP contribution in [0.25, 0.3) is 0 Å². The maximum absolute atomic E-state index is 12.8. The number of carbonyl (C=O) groups is 2. The fourth-order valence-electron chi connectivity index (χ4n) is 3.34. The van der Waals surface area contributed by atoms with Gasteiger partial charge in [-0.2, -0.15) is 0 Å². The van der Waals surface area contributed by atoms with Gasteiger partial charge in [0, 0.05) is 45.2 Å². The number of nitrogens with zero attached hydrogens (tertiary/aromatic N) is 2. The first-order valence-electron chi connectivity index (χ1n) is 9.29. The zero-order valence-corrected chi connectivity index (χ0v) is 15.3. The second kappa shape index (κ2) is 9.00. The van der Waals surface area contributed by atoms with E-state index in [0.29, 0.717) is 63.7 Å². The van der Waals surface area contributed by atoms with E-state index in [1.165, 1.54) is 0 Å². The quantitative estimate of drug-likeness (QED) is 0.838. The smallest absolute Gasteiger partial charge is 0.257 e. The molecule has 2 aliphatic heterocycles. The number of ether oxygens (including phenoxy) is 2.